The van der Waals surface area contributed by atoms with Crippen LogP contribution in [0, 0.1) is 0 Å². The highest BCUT2D eigenvalue weighted by Crippen LogP contribution is 2.45. The predicted molar refractivity (Wildman–Crippen MR) is 127 cm³/mol. The van der Waals surface area contributed by atoms with Gasteiger partial charge in [0.1, 0.15) is 0 Å². The summed E-state index contributed by atoms with van der Waals surface area (Å²) in [5, 5.41) is 0.736. The second-order valence-electron chi connectivity index (χ2n) is 7.18. The second kappa shape index (κ2) is 9.18. The number of ether oxygens (including phenoxy) is 1. The molecular formula is C23H20BrClN2O3S. The molecule has 2 aliphatic heterocycles. The first kappa shape index (κ1) is 22.1. The van der Waals surface area contributed by atoms with Gasteiger partial charge >= 0.3 is 5.97 Å². The molecule has 2 aromatic carbocycles. The highest BCUT2D eigenvalue weighted by Gasteiger charge is 2.48. The van der Waals surface area contributed by atoms with Crippen LogP contribution >= 0.6 is 39.3 Å². The summed E-state index contributed by atoms with van der Waals surface area (Å²) in [6.45, 7) is 3.75. The maximum absolute atomic E-state index is 13.5. The number of rotatable bonds is 5. The van der Waals surface area contributed by atoms with Gasteiger partial charge in [-0.1, -0.05) is 69.6 Å². The molecule has 1 amide bonds. The van der Waals surface area contributed by atoms with Crippen LogP contribution in [-0.4, -0.2) is 33.8 Å². The fourth-order valence-corrected chi connectivity index (χ4v) is 5.50. The molecule has 0 unspecified atom stereocenters. The predicted octanol–water partition coefficient (Wildman–Crippen LogP) is 5.54. The highest BCUT2D eigenvalue weighted by atomic mass is 79.9. The topological polar surface area (TPSA) is 59.0 Å². The monoisotopic (exact) mass is 518 g/mol. The average molecular weight is 520 g/mol. The zero-order chi connectivity index (χ0) is 22.1. The minimum atomic E-state index is -0.671. The van der Waals surface area contributed by atoms with Gasteiger partial charge < -0.3 is 4.74 Å². The molecule has 2 aliphatic rings. The molecule has 5 nitrogen and oxygen atoms in total. The Balaban J connectivity index is 1.74. The Bertz CT molecular complexity index is 1100. The van der Waals surface area contributed by atoms with Crippen LogP contribution in [0.25, 0.3) is 0 Å². The SMILES string of the molecule is CCOC(=O)C1=C(C)N=C2S[C@H](Cc3ccc(Br)cc3)C(=O)N2[C@@H]1c1ccccc1Cl. The molecule has 2 aromatic rings. The van der Waals surface area contributed by atoms with Crippen molar-refractivity contribution in [3.05, 3.63) is 80.4 Å². The van der Waals surface area contributed by atoms with Gasteiger partial charge in [0.2, 0.25) is 5.91 Å². The van der Waals surface area contributed by atoms with Crippen molar-refractivity contribution in [1.82, 2.24) is 4.90 Å². The van der Waals surface area contributed by atoms with Gasteiger partial charge in [-0.05, 0) is 49.6 Å². The molecule has 4 rings (SSSR count). The van der Waals surface area contributed by atoms with Gasteiger partial charge in [0, 0.05) is 9.50 Å². The van der Waals surface area contributed by atoms with E-state index < -0.39 is 12.0 Å². The van der Waals surface area contributed by atoms with Crippen molar-refractivity contribution in [2.75, 3.05) is 6.61 Å². The number of benzene rings is 2. The van der Waals surface area contributed by atoms with Gasteiger partial charge in [0.15, 0.2) is 5.17 Å². The molecule has 0 radical (unpaired) electrons. The number of hydrogen-bond donors (Lipinski definition) is 0. The minimum absolute atomic E-state index is 0.0918. The van der Waals surface area contributed by atoms with Gasteiger partial charge in [0.25, 0.3) is 0 Å². The molecule has 31 heavy (non-hydrogen) atoms. The van der Waals surface area contributed by atoms with Crippen LogP contribution in [-0.2, 0) is 20.7 Å². The number of thioether (sulfide) groups is 1. The largest absolute Gasteiger partial charge is 0.463 e. The van der Waals surface area contributed by atoms with Gasteiger partial charge in [-0.15, -0.1) is 0 Å². The number of fused-ring (bicyclic) bond motifs is 1. The van der Waals surface area contributed by atoms with Crippen LogP contribution in [0.2, 0.25) is 5.02 Å². The summed E-state index contributed by atoms with van der Waals surface area (Å²) in [7, 11) is 0. The number of carbonyl (C=O) groups is 2. The van der Waals surface area contributed by atoms with E-state index >= 15 is 0 Å². The number of halogens is 2. The van der Waals surface area contributed by atoms with Gasteiger partial charge in [-0.3, -0.25) is 9.69 Å². The van der Waals surface area contributed by atoms with E-state index in [1.54, 1.807) is 24.8 Å². The van der Waals surface area contributed by atoms with Crippen molar-refractivity contribution in [1.29, 1.82) is 0 Å². The molecular weight excluding hydrogens is 500 g/mol. The third-order valence-electron chi connectivity index (χ3n) is 5.18. The number of amides is 1. The summed E-state index contributed by atoms with van der Waals surface area (Å²) in [6.07, 6.45) is 0.565. The highest BCUT2D eigenvalue weighted by molar-refractivity contribution is 9.10. The van der Waals surface area contributed by atoms with E-state index in [1.165, 1.54) is 11.8 Å². The Morgan fingerprint density at radius 2 is 1.94 bits per heavy atom. The van der Waals surface area contributed by atoms with Crippen molar-refractivity contribution in [2.24, 2.45) is 4.99 Å². The zero-order valence-electron chi connectivity index (χ0n) is 17.0. The van der Waals surface area contributed by atoms with Crippen molar-refractivity contribution >= 4 is 56.3 Å². The van der Waals surface area contributed by atoms with Crippen molar-refractivity contribution < 1.29 is 14.3 Å². The average Bonchev–Trinajstić information content (AvgIpc) is 3.04. The van der Waals surface area contributed by atoms with E-state index in [0.717, 1.165) is 10.0 Å². The van der Waals surface area contributed by atoms with E-state index in [9.17, 15) is 9.59 Å². The Labute approximate surface area is 198 Å². The summed E-state index contributed by atoms with van der Waals surface area (Å²) in [4.78, 5) is 32.6. The Morgan fingerprint density at radius 1 is 1.23 bits per heavy atom. The number of nitrogens with zero attached hydrogens (tertiary/aromatic N) is 2. The Kier molecular flexibility index (Phi) is 6.55. The fraction of sp³-hybridized carbons (Fsp3) is 0.261. The molecule has 1 saturated heterocycles. The van der Waals surface area contributed by atoms with Crippen LogP contribution in [0.1, 0.15) is 31.0 Å². The Morgan fingerprint density at radius 3 is 2.61 bits per heavy atom. The van der Waals surface area contributed by atoms with E-state index in [-0.39, 0.29) is 17.8 Å². The molecule has 2 atom stereocenters. The lowest BCUT2D eigenvalue weighted by atomic mass is 9.94. The molecule has 1 fully saturated rings. The van der Waals surface area contributed by atoms with Crippen LogP contribution < -0.4 is 0 Å². The Hall–Kier alpha value is -2.09. The summed E-state index contributed by atoms with van der Waals surface area (Å²) < 4.78 is 6.29. The lowest BCUT2D eigenvalue weighted by Crippen LogP contribution is -2.41. The lowest BCUT2D eigenvalue weighted by Gasteiger charge is -2.33. The van der Waals surface area contributed by atoms with Crippen LogP contribution in [0.3, 0.4) is 0 Å². The van der Waals surface area contributed by atoms with Crippen LogP contribution in [0.4, 0.5) is 0 Å². The minimum Gasteiger partial charge on any atom is -0.463 e. The molecule has 0 aliphatic carbocycles. The van der Waals surface area contributed by atoms with Crippen LogP contribution in [0.15, 0.2) is 69.3 Å². The van der Waals surface area contributed by atoms with Crippen molar-refractivity contribution in [2.45, 2.75) is 31.6 Å². The van der Waals surface area contributed by atoms with Gasteiger partial charge in [-0.2, -0.15) is 0 Å². The molecule has 8 heteroatoms. The summed E-state index contributed by atoms with van der Waals surface area (Å²) in [6, 6.07) is 14.5. The maximum atomic E-state index is 13.5. The maximum Gasteiger partial charge on any atom is 0.338 e. The van der Waals surface area contributed by atoms with Gasteiger partial charge in [0.05, 0.1) is 29.2 Å². The van der Waals surface area contributed by atoms with Crippen LogP contribution in [0.5, 0.6) is 0 Å². The molecule has 0 saturated carbocycles. The number of aliphatic imine (C=N–C) groups is 1. The van der Waals surface area contributed by atoms with E-state index in [4.69, 9.17) is 16.3 Å². The van der Waals surface area contributed by atoms with E-state index in [0.29, 0.717) is 33.4 Å². The summed E-state index contributed by atoms with van der Waals surface area (Å²) in [5.74, 6) is -0.576. The number of esters is 1. The number of amidine groups is 1. The smallest absolute Gasteiger partial charge is 0.338 e. The molecule has 160 valence electrons. The van der Waals surface area contributed by atoms with E-state index in [2.05, 4.69) is 20.9 Å². The number of hydrogen-bond acceptors (Lipinski definition) is 5. The van der Waals surface area contributed by atoms with Gasteiger partial charge in [-0.25, -0.2) is 9.79 Å². The third-order valence-corrected chi connectivity index (χ3v) is 7.21. The fourth-order valence-electron chi connectivity index (χ4n) is 3.76. The first-order valence-electron chi connectivity index (χ1n) is 9.86. The number of allylic oxidation sites excluding steroid dienone is 1. The summed E-state index contributed by atoms with van der Waals surface area (Å²) in [5.41, 5.74) is 2.62. The molecule has 0 N–H and O–H groups in total. The zero-order valence-corrected chi connectivity index (χ0v) is 20.1. The third kappa shape index (κ3) is 4.31. The first-order valence-corrected chi connectivity index (χ1v) is 11.9. The van der Waals surface area contributed by atoms with Crippen molar-refractivity contribution in [3.8, 4) is 0 Å². The standard InChI is InChI=1S/C23H20BrClN2O3S/c1-3-30-22(29)19-13(2)26-23-27(20(19)16-6-4-5-7-17(16)25)21(28)18(31-23)12-14-8-10-15(24)11-9-14/h4-11,18,20H,3,12H2,1-2H3/t18-,20-/m1/s1. The molecule has 2 heterocycles. The quantitative estimate of drug-likeness (QED) is 0.487. The second-order valence-corrected chi connectivity index (χ2v) is 9.68. The van der Waals surface area contributed by atoms with Crippen molar-refractivity contribution in [3.63, 3.8) is 0 Å². The summed E-state index contributed by atoms with van der Waals surface area (Å²) >= 11 is 11.4. The van der Waals surface area contributed by atoms with E-state index in [1.807, 2.05) is 42.5 Å². The molecule has 0 spiro atoms. The normalized spacial score (nSPS) is 20.6. The lowest BCUT2D eigenvalue weighted by molar-refractivity contribution is -0.139. The number of carbonyl (C=O) groups excluding carboxylic acids is 2. The first-order chi connectivity index (χ1) is 14.9. The molecule has 0 aromatic heterocycles. The molecule has 0 bridgehead atoms.